The van der Waals surface area contributed by atoms with Gasteiger partial charge in [0, 0.05) is 13.1 Å². The molecule has 1 saturated heterocycles. The average molecular weight is 150 g/mol. The summed E-state index contributed by atoms with van der Waals surface area (Å²) in [6.45, 7) is 6.42. The van der Waals surface area contributed by atoms with Crippen LogP contribution in [0, 0.1) is 0 Å². The molecule has 0 aromatic carbocycles. The second-order valence-corrected chi connectivity index (χ2v) is 2.80. The summed E-state index contributed by atoms with van der Waals surface area (Å²) in [7, 11) is 0. The van der Waals surface area contributed by atoms with Crippen molar-refractivity contribution in [3.63, 3.8) is 0 Å². The Bertz CT molecular complexity index is 50.9. The van der Waals surface area contributed by atoms with Gasteiger partial charge in [-0.1, -0.05) is 20.3 Å². The van der Waals surface area contributed by atoms with Gasteiger partial charge in [-0.15, -0.1) is 0 Å². The number of hydrogen-bond acceptors (Lipinski definition) is 1. The number of hydrogen-bond donors (Lipinski definition) is 0. The number of nitrogens with zero attached hydrogens (tertiary/aromatic N) is 1. The largest absolute Gasteiger partial charge is 0.220 e. The molecule has 0 amide bonds. The van der Waals surface area contributed by atoms with Gasteiger partial charge in [-0.2, -0.15) is 0 Å². The molecule has 0 N–H and O–H groups in total. The standard InChI is InChI=1S/C4H8ClN.C3H8/c5-6-3-1-2-4-6;1-3-2/h1-4H2;3H2,1-2H3. The fraction of sp³-hybridized carbons (Fsp3) is 1.00. The quantitative estimate of drug-likeness (QED) is 0.479. The predicted octanol–water partition coefficient (Wildman–Crippen LogP) is 2.65. The molecule has 0 saturated carbocycles. The van der Waals surface area contributed by atoms with Crippen molar-refractivity contribution >= 4 is 11.8 Å². The second-order valence-electron chi connectivity index (χ2n) is 2.32. The van der Waals surface area contributed by atoms with Gasteiger partial charge in [0.05, 0.1) is 0 Å². The Kier molecular flexibility index (Phi) is 6.55. The minimum absolute atomic E-state index is 1.08. The fourth-order valence-corrected chi connectivity index (χ4v) is 0.918. The van der Waals surface area contributed by atoms with Crippen LogP contribution >= 0.6 is 11.8 Å². The molecule has 0 aliphatic carbocycles. The van der Waals surface area contributed by atoms with Gasteiger partial charge in [0.15, 0.2) is 0 Å². The van der Waals surface area contributed by atoms with E-state index in [-0.39, 0.29) is 0 Å². The Morgan fingerprint density at radius 3 is 1.67 bits per heavy atom. The smallest absolute Gasteiger partial charge is 0.0139 e. The molecule has 0 unspecified atom stereocenters. The molecule has 0 spiro atoms. The Hall–Kier alpha value is 0.250. The van der Waals surface area contributed by atoms with Crippen molar-refractivity contribution in [2.75, 3.05) is 13.1 Å². The molecule has 0 atom stereocenters. The monoisotopic (exact) mass is 149 g/mol. The third-order valence-electron chi connectivity index (χ3n) is 1.05. The maximum atomic E-state index is 5.55. The molecule has 1 rings (SSSR count). The zero-order valence-corrected chi connectivity index (χ0v) is 7.12. The maximum Gasteiger partial charge on any atom is 0.0139 e. The first-order valence-electron chi connectivity index (χ1n) is 3.72. The molecule has 0 radical (unpaired) electrons. The average Bonchev–Trinajstić information content (AvgIpc) is 2.20. The third kappa shape index (κ3) is 6.13. The van der Waals surface area contributed by atoms with E-state index in [1.54, 1.807) is 0 Å². The van der Waals surface area contributed by atoms with Crippen LogP contribution in [-0.2, 0) is 0 Å². The van der Waals surface area contributed by atoms with Crippen molar-refractivity contribution in [1.82, 2.24) is 4.42 Å². The summed E-state index contributed by atoms with van der Waals surface area (Å²) in [4.78, 5) is 0. The van der Waals surface area contributed by atoms with Crippen LogP contribution in [0.4, 0.5) is 0 Å². The van der Waals surface area contributed by atoms with Crippen LogP contribution in [0.3, 0.4) is 0 Å². The van der Waals surface area contributed by atoms with Gasteiger partial charge in [0.25, 0.3) is 0 Å². The summed E-state index contributed by atoms with van der Waals surface area (Å²) in [6, 6.07) is 0. The van der Waals surface area contributed by atoms with E-state index in [0.29, 0.717) is 0 Å². The highest BCUT2D eigenvalue weighted by atomic mass is 35.5. The summed E-state index contributed by atoms with van der Waals surface area (Å²) in [5.74, 6) is 0. The van der Waals surface area contributed by atoms with E-state index >= 15 is 0 Å². The van der Waals surface area contributed by atoms with Gasteiger partial charge in [-0.3, -0.25) is 0 Å². The molecule has 1 aliphatic rings. The normalized spacial score (nSPS) is 19.0. The van der Waals surface area contributed by atoms with Crippen molar-refractivity contribution in [3.8, 4) is 0 Å². The Labute approximate surface area is 63.1 Å². The van der Waals surface area contributed by atoms with Crippen LogP contribution in [0.15, 0.2) is 0 Å². The van der Waals surface area contributed by atoms with Gasteiger partial charge in [0.2, 0.25) is 0 Å². The molecular formula is C7H16ClN. The zero-order chi connectivity index (χ0) is 7.11. The van der Waals surface area contributed by atoms with Gasteiger partial charge in [-0.05, 0) is 24.6 Å². The third-order valence-corrected chi connectivity index (χ3v) is 1.39. The van der Waals surface area contributed by atoms with E-state index in [1.165, 1.54) is 19.3 Å². The molecule has 9 heavy (non-hydrogen) atoms. The van der Waals surface area contributed by atoms with Crippen molar-refractivity contribution in [3.05, 3.63) is 0 Å². The van der Waals surface area contributed by atoms with Gasteiger partial charge in [0.1, 0.15) is 0 Å². The van der Waals surface area contributed by atoms with Crippen molar-refractivity contribution in [1.29, 1.82) is 0 Å². The SMILES string of the molecule is CCC.ClN1CCCC1. The Balaban J connectivity index is 0.000000187. The van der Waals surface area contributed by atoms with Crippen molar-refractivity contribution in [2.45, 2.75) is 33.1 Å². The van der Waals surface area contributed by atoms with Gasteiger partial charge >= 0.3 is 0 Å². The minimum Gasteiger partial charge on any atom is -0.220 e. The van der Waals surface area contributed by atoms with E-state index in [4.69, 9.17) is 11.8 Å². The van der Waals surface area contributed by atoms with E-state index in [9.17, 15) is 0 Å². The lowest BCUT2D eigenvalue weighted by Crippen LogP contribution is -2.02. The summed E-state index contributed by atoms with van der Waals surface area (Å²) in [5, 5.41) is 0. The Morgan fingerprint density at radius 2 is 1.56 bits per heavy atom. The predicted molar refractivity (Wildman–Crippen MR) is 42.6 cm³/mol. The molecule has 0 bridgehead atoms. The first-order valence-corrected chi connectivity index (χ1v) is 4.05. The molecule has 56 valence electrons. The summed E-state index contributed by atoms with van der Waals surface area (Å²) >= 11 is 5.55. The molecule has 1 heterocycles. The molecular weight excluding hydrogens is 134 g/mol. The van der Waals surface area contributed by atoms with E-state index < -0.39 is 0 Å². The van der Waals surface area contributed by atoms with Crippen LogP contribution in [0.5, 0.6) is 0 Å². The lowest BCUT2D eigenvalue weighted by molar-refractivity contribution is 0.567. The fourth-order valence-electron chi connectivity index (χ4n) is 0.679. The number of rotatable bonds is 0. The van der Waals surface area contributed by atoms with Gasteiger partial charge in [-0.25, -0.2) is 4.42 Å². The van der Waals surface area contributed by atoms with E-state index in [1.807, 2.05) is 4.42 Å². The van der Waals surface area contributed by atoms with Crippen LogP contribution in [0.25, 0.3) is 0 Å². The summed E-state index contributed by atoms with van der Waals surface area (Å²) < 4.78 is 1.83. The Morgan fingerprint density at radius 1 is 1.22 bits per heavy atom. The van der Waals surface area contributed by atoms with Crippen LogP contribution in [0.2, 0.25) is 0 Å². The van der Waals surface area contributed by atoms with Gasteiger partial charge < -0.3 is 0 Å². The molecule has 1 aliphatic heterocycles. The van der Waals surface area contributed by atoms with E-state index in [2.05, 4.69) is 13.8 Å². The highest BCUT2D eigenvalue weighted by Gasteiger charge is 2.05. The van der Waals surface area contributed by atoms with Crippen LogP contribution < -0.4 is 0 Å². The molecule has 1 nitrogen and oxygen atoms in total. The lowest BCUT2D eigenvalue weighted by Gasteiger charge is -1.96. The van der Waals surface area contributed by atoms with E-state index in [0.717, 1.165) is 13.1 Å². The first-order chi connectivity index (χ1) is 4.31. The van der Waals surface area contributed by atoms with Crippen molar-refractivity contribution in [2.24, 2.45) is 0 Å². The van der Waals surface area contributed by atoms with Crippen LogP contribution in [-0.4, -0.2) is 17.5 Å². The molecule has 2 heteroatoms. The highest BCUT2D eigenvalue weighted by molar-refractivity contribution is 6.13. The lowest BCUT2D eigenvalue weighted by atomic mass is 10.4. The maximum absolute atomic E-state index is 5.55. The molecule has 0 aromatic rings. The first kappa shape index (κ1) is 9.25. The summed E-state index contributed by atoms with van der Waals surface area (Å²) in [6.07, 6.45) is 3.81. The van der Waals surface area contributed by atoms with Crippen LogP contribution in [0.1, 0.15) is 33.1 Å². The molecule has 1 fully saturated rings. The zero-order valence-electron chi connectivity index (χ0n) is 6.36. The topological polar surface area (TPSA) is 3.24 Å². The number of halogens is 1. The highest BCUT2D eigenvalue weighted by Crippen LogP contribution is 2.08. The molecule has 0 aromatic heterocycles. The summed E-state index contributed by atoms with van der Waals surface area (Å²) in [5.41, 5.74) is 0. The second kappa shape index (κ2) is 6.37. The minimum atomic E-state index is 1.08. The van der Waals surface area contributed by atoms with Crippen molar-refractivity contribution < 1.29 is 0 Å².